The SMILES string of the molecule is [2H]C([2H])([2H])c1cnc(-c2[c-]cccc2)cc1-c1ccccc1.[2H]C([2H])(c1ccccc1)c1ccnc(-c2[c-]ccc3c2sc2c4ccccc4ccc32)c1.[Ir]. The van der Waals surface area contributed by atoms with Crippen molar-refractivity contribution in [3.05, 3.63) is 193 Å². The molecule has 0 amide bonds. The molecule has 4 heteroatoms. The Morgan fingerprint density at radius 1 is 0.640 bits per heavy atom. The Hall–Kier alpha value is -5.25. The zero-order valence-corrected chi connectivity index (χ0v) is 29.9. The zero-order chi connectivity index (χ0) is 37.3. The van der Waals surface area contributed by atoms with Gasteiger partial charge in [0.25, 0.3) is 0 Å². The van der Waals surface area contributed by atoms with Crippen LogP contribution in [-0.2, 0) is 26.5 Å². The first-order chi connectivity index (χ1) is 26.2. The molecule has 3 aromatic heterocycles. The summed E-state index contributed by atoms with van der Waals surface area (Å²) >= 11 is 1.76. The normalized spacial score (nSPS) is 12.8. The van der Waals surface area contributed by atoms with Crippen molar-refractivity contribution in [1.82, 2.24) is 9.97 Å². The maximum atomic E-state index is 8.74. The Morgan fingerprint density at radius 3 is 2.24 bits per heavy atom. The molecule has 0 saturated heterocycles. The average molecular weight is 842 g/mol. The van der Waals surface area contributed by atoms with E-state index in [1.807, 2.05) is 103 Å². The Balaban J connectivity index is 0.000000178. The minimum Gasteiger partial charge on any atom is -0.305 e. The van der Waals surface area contributed by atoms with E-state index in [4.69, 9.17) is 6.85 Å². The zero-order valence-electron chi connectivity index (χ0n) is 31.7. The number of rotatable bonds is 5. The third-order valence-corrected chi connectivity index (χ3v) is 9.65. The van der Waals surface area contributed by atoms with Crippen LogP contribution in [0.3, 0.4) is 0 Å². The Kier molecular flexibility index (Phi) is 8.33. The van der Waals surface area contributed by atoms with Gasteiger partial charge in [0.15, 0.2) is 0 Å². The summed E-state index contributed by atoms with van der Waals surface area (Å²) in [4.78, 5) is 8.92. The molecule has 243 valence electrons. The van der Waals surface area contributed by atoms with Gasteiger partial charge in [-0.2, -0.15) is 11.3 Å². The number of thiophene rings is 1. The van der Waals surface area contributed by atoms with Gasteiger partial charge in [0.05, 0.1) is 0 Å². The molecule has 1 radical (unpaired) electrons. The smallest absolute Gasteiger partial charge is 0.0365 e. The number of nitrogens with zero attached hydrogens (tertiary/aromatic N) is 2. The summed E-state index contributed by atoms with van der Waals surface area (Å²) in [6.45, 7) is -2.20. The van der Waals surface area contributed by atoms with Crippen LogP contribution in [0.15, 0.2) is 164 Å². The van der Waals surface area contributed by atoms with E-state index in [0.29, 0.717) is 22.4 Å². The van der Waals surface area contributed by atoms with E-state index in [2.05, 4.69) is 64.6 Å². The summed E-state index contributed by atoms with van der Waals surface area (Å²) in [5, 5.41) is 4.89. The Morgan fingerprint density at radius 2 is 1.42 bits per heavy atom. The van der Waals surface area contributed by atoms with Gasteiger partial charge < -0.3 is 9.97 Å². The molecule has 50 heavy (non-hydrogen) atoms. The fourth-order valence-electron chi connectivity index (χ4n) is 6.00. The number of hydrogen-bond donors (Lipinski definition) is 0. The van der Waals surface area contributed by atoms with Crippen molar-refractivity contribution >= 4 is 42.3 Å². The molecule has 0 bridgehead atoms. The third-order valence-electron chi connectivity index (χ3n) is 8.38. The summed E-state index contributed by atoms with van der Waals surface area (Å²) in [6, 6.07) is 55.1. The number of fused-ring (bicyclic) bond motifs is 5. The van der Waals surface area contributed by atoms with Crippen LogP contribution in [0.5, 0.6) is 0 Å². The Bertz CT molecular complexity index is 2740. The standard InChI is InChI=1S/C28H18NS.C18H14N.Ir/c1-2-7-19(8-3-1)17-20-15-16-29-26(18-20)25-12-6-11-23-24-14-13-21-9-4-5-10-22(21)27(24)30-28(23)25;1-14-13-19-18(16-10-6-3-7-11-16)12-17(14)15-8-4-2-5-9-15;/h1-11,13-16,18H,17H2;2-10,12-13H,1H3;/q2*-1;/i17D2;1D3;. The van der Waals surface area contributed by atoms with Gasteiger partial charge >= 0.3 is 0 Å². The van der Waals surface area contributed by atoms with E-state index in [1.54, 1.807) is 23.6 Å². The van der Waals surface area contributed by atoms with Gasteiger partial charge in [-0.1, -0.05) is 115 Å². The van der Waals surface area contributed by atoms with Gasteiger partial charge in [-0.25, -0.2) is 0 Å². The van der Waals surface area contributed by atoms with Gasteiger partial charge in [-0.05, 0) is 79.4 Å². The molecule has 0 fully saturated rings. The van der Waals surface area contributed by atoms with Crippen LogP contribution >= 0.6 is 11.3 Å². The second kappa shape index (κ2) is 15.1. The molecule has 6 aromatic carbocycles. The minimum atomic E-state index is -2.20. The predicted molar refractivity (Wildman–Crippen MR) is 207 cm³/mol. The molecule has 0 N–H and O–H groups in total. The van der Waals surface area contributed by atoms with Crippen molar-refractivity contribution < 1.29 is 27.0 Å². The fourth-order valence-corrected chi connectivity index (χ4v) is 7.35. The molecule has 0 aliphatic rings. The molecule has 9 rings (SSSR count). The van der Waals surface area contributed by atoms with Crippen LogP contribution in [0.25, 0.3) is 64.6 Å². The van der Waals surface area contributed by atoms with Crippen molar-refractivity contribution in [2.45, 2.75) is 13.2 Å². The molecule has 0 saturated carbocycles. The van der Waals surface area contributed by atoms with Crippen LogP contribution in [0, 0.1) is 19.0 Å². The van der Waals surface area contributed by atoms with Gasteiger partial charge in [-0.3, -0.25) is 0 Å². The van der Waals surface area contributed by atoms with E-state index in [-0.39, 0.29) is 25.7 Å². The molecule has 3 heterocycles. The average Bonchev–Trinajstić information content (AvgIpc) is 3.61. The molecule has 0 spiro atoms. The van der Waals surface area contributed by atoms with E-state index in [0.717, 1.165) is 27.1 Å². The second-order valence-electron chi connectivity index (χ2n) is 11.5. The van der Waals surface area contributed by atoms with E-state index >= 15 is 0 Å². The van der Waals surface area contributed by atoms with Gasteiger partial charge in [0.2, 0.25) is 0 Å². The first-order valence-corrected chi connectivity index (χ1v) is 16.8. The first-order valence-electron chi connectivity index (χ1n) is 18.5. The number of aromatic nitrogens is 2. The number of pyridine rings is 2. The maximum Gasteiger partial charge on any atom is 0.0365 e. The van der Waals surface area contributed by atoms with Crippen molar-refractivity contribution in [2.24, 2.45) is 0 Å². The molecule has 0 aliphatic carbocycles. The molecular weight excluding hydrogens is 805 g/mol. The quantitative estimate of drug-likeness (QED) is 0.161. The number of hydrogen-bond acceptors (Lipinski definition) is 3. The van der Waals surface area contributed by atoms with Crippen LogP contribution in [0.4, 0.5) is 0 Å². The summed E-state index contributed by atoms with van der Waals surface area (Å²) in [5.74, 6) is 0. The molecule has 0 aliphatic heterocycles. The molecule has 0 unspecified atom stereocenters. The summed E-state index contributed by atoms with van der Waals surface area (Å²) in [7, 11) is 0. The summed E-state index contributed by atoms with van der Waals surface area (Å²) in [5.41, 5.74) is 6.25. The topological polar surface area (TPSA) is 25.8 Å². The summed E-state index contributed by atoms with van der Waals surface area (Å²) < 4.78 is 43.0. The molecule has 9 aromatic rings. The van der Waals surface area contributed by atoms with Gasteiger partial charge in [-0.15, -0.1) is 59.7 Å². The van der Waals surface area contributed by atoms with E-state index in [9.17, 15) is 0 Å². The number of aryl methyl sites for hydroxylation is 1. The monoisotopic (exact) mass is 842 g/mol. The van der Waals surface area contributed by atoms with Gasteiger partial charge in [0.1, 0.15) is 0 Å². The van der Waals surface area contributed by atoms with Crippen molar-refractivity contribution in [3.8, 4) is 33.6 Å². The predicted octanol–water partition coefficient (Wildman–Crippen LogP) is 12.2. The van der Waals surface area contributed by atoms with Crippen LogP contribution in [0.2, 0.25) is 0 Å². The van der Waals surface area contributed by atoms with Crippen molar-refractivity contribution in [2.75, 3.05) is 0 Å². The second-order valence-corrected chi connectivity index (χ2v) is 12.6. The Labute approximate surface area is 317 Å². The molecular formula is C46H32IrN2S-2. The fraction of sp³-hybridized carbons (Fsp3) is 0.0435. The number of benzene rings is 6. The van der Waals surface area contributed by atoms with E-state index < -0.39 is 13.2 Å². The van der Waals surface area contributed by atoms with Crippen molar-refractivity contribution in [3.63, 3.8) is 0 Å². The first kappa shape index (κ1) is 27.6. The van der Waals surface area contributed by atoms with Gasteiger partial charge in [0, 0.05) is 44.1 Å². The summed E-state index contributed by atoms with van der Waals surface area (Å²) in [6.07, 6.45) is 1.54. The van der Waals surface area contributed by atoms with E-state index in [1.165, 1.54) is 32.4 Å². The molecule has 2 nitrogen and oxygen atoms in total. The van der Waals surface area contributed by atoms with Crippen LogP contribution in [0.1, 0.15) is 23.5 Å². The van der Waals surface area contributed by atoms with Crippen LogP contribution in [-0.4, -0.2) is 9.97 Å². The third kappa shape index (κ3) is 6.92. The van der Waals surface area contributed by atoms with Crippen LogP contribution < -0.4 is 0 Å². The van der Waals surface area contributed by atoms with Crippen molar-refractivity contribution in [1.29, 1.82) is 0 Å². The maximum absolute atomic E-state index is 8.74. The minimum absolute atomic E-state index is 0. The molecule has 0 atom stereocenters. The largest absolute Gasteiger partial charge is 0.305 e.